The van der Waals surface area contributed by atoms with Crippen molar-refractivity contribution in [1.82, 2.24) is 4.90 Å². The third-order valence-electron chi connectivity index (χ3n) is 2.23. The molecular formula is C10H13NO3. The van der Waals surface area contributed by atoms with Gasteiger partial charge in [0.15, 0.2) is 0 Å². The summed E-state index contributed by atoms with van der Waals surface area (Å²) in [4.78, 5) is 23.2. The average Bonchev–Trinajstić information content (AvgIpc) is 2.43. The van der Waals surface area contributed by atoms with Crippen LogP contribution in [0.3, 0.4) is 0 Å². The highest BCUT2D eigenvalue weighted by Crippen LogP contribution is 2.23. The van der Waals surface area contributed by atoms with Crippen LogP contribution in [0.25, 0.3) is 0 Å². The maximum atomic E-state index is 11.6. The quantitative estimate of drug-likeness (QED) is 0.540. The van der Waals surface area contributed by atoms with Crippen molar-refractivity contribution in [3.05, 3.63) is 24.4 Å². The summed E-state index contributed by atoms with van der Waals surface area (Å²) >= 11 is 0. The lowest BCUT2D eigenvalue weighted by Crippen LogP contribution is -2.22. The maximum Gasteiger partial charge on any atom is 0.329 e. The number of carboxylic acid groups (broad SMARTS) is 1. The Morgan fingerprint density at radius 3 is 2.79 bits per heavy atom. The predicted octanol–water partition coefficient (Wildman–Crippen LogP) is 1.01. The summed E-state index contributed by atoms with van der Waals surface area (Å²) in [5.41, 5.74) is 0.834. The molecule has 1 amide bonds. The number of carboxylic acids is 1. The van der Waals surface area contributed by atoms with Gasteiger partial charge in [-0.2, -0.15) is 0 Å². The molecule has 0 aromatic rings. The number of likely N-dealkylation sites (tertiary alicyclic amines) is 1. The monoisotopic (exact) mass is 195 g/mol. The second kappa shape index (κ2) is 4.09. The lowest BCUT2D eigenvalue weighted by Gasteiger charge is -2.10. The minimum absolute atomic E-state index is 0.0602. The molecule has 1 aliphatic heterocycles. The second-order valence-electron chi connectivity index (χ2n) is 3.37. The molecule has 0 radical (unpaired) electrons. The summed E-state index contributed by atoms with van der Waals surface area (Å²) in [5, 5.41) is 8.39. The van der Waals surface area contributed by atoms with Crippen molar-refractivity contribution >= 4 is 11.9 Å². The van der Waals surface area contributed by atoms with Crippen LogP contribution in [0, 0.1) is 5.92 Å². The van der Waals surface area contributed by atoms with E-state index in [0.717, 1.165) is 18.1 Å². The number of carbonyl (C=O) groups excluding carboxylic acids is 1. The summed E-state index contributed by atoms with van der Waals surface area (Å²) in [6, 6.07) is 0. The van der Waals surface area contributed by atoms with Gasteiger partial charge in [-0.25, -0.2) is 4.79 Å². The van der Waals surface area contributed by atoms with Crippen molar-refractivity contribution in [1.29, 1.82) is 0 Å². The Balaban J connectivity index is 2.65. The molecule has 14 heavy (non-hydrogen) atoms. The molecule has 0 aromatic heterocycles. The summed E-state index contributed by atoms with van der Waals surface area (Å²) in [6.45, 7) is 6.11. The Morgan fingerprint density at radius 1 is 1.71 bits per heavy atom. The zero-order chi connectivity index (χ0) is 10.7. The first-order valence-electron chi connectivity index (χ1n) is 4.39. The fraction of sp³-hybridized carbons (Fsp3) is 0.400. The van der Waals surface area contributed by atoms with Crippen LogP contribution in [0.15, 0.2) is 24.4 Å². The number of carbonyl (C=O) groups is 2. The standard InChI is InChI=1S/C10H13NO3/c1-7(2)8-3-5-11(10(8)14)6-4-9(12)13/h4,6,8H,1,3,5H2,2H3,(H,12,13). The highest BCUT2D eigenvalue weighted by Gasteiger charge is 2.30. The fourth-order valence-electron chi connectivity index (χ4n) is 1.46. The molecule has 1 atom stereocenters. The smallest absolute Gasteiger partial charge is 0.329 e. The summed E-state index contributed by atoms with van der Waals surface area (Å²) in [7, 11) is 0. The molecule has 4 nitrogen and oxygen atoms in total. The van der Waals surface area contributed by atoms with E-state index < -0.39 is 5.97 Å². The van der Waals surface area contributed by atoms with E-state index in [2.05, 4.69) is 6.58 Å². The van der Waals surface area contributed by atoms with Gasteiger partial charge in [0.05, 0.1) is 5.92 Å². The minimum atomic E-state index is -1.04. The van der Waals surface area contributed by atoms with Crippen LogP contribution in [0.4, 0.5) is 0 Å². The summed E-state index contributed by atoms with van der Waals surface area (Å²) in [5.74, 6) is -1.25. The Kier molecular flexibility index (Phi) is 3.06. The van der Waals surface area contributed by atoms with Gasteiger partial charge in [-0.1, -0.05) is 12.2 Å². The van der Waals surface area contributed by atoms with E-state index in [4.69, 9.17) is 5.11 Å². The van der Waals surface area contributed by atoms with E-state index in [9.17, 15) is 9.59 Å². The molecule has 1 unspecified atom stereocenters. The molecule has 1 aliphatic rings. The number of hydrogen-bond donors (Lipinski definition) is 1. The van der Waals surface area contributed by atoms with Crippen LogP contribution in [0.2, 0.25) is 0 Å². The number of aliphatic carboxylic acids is 1. The molecule has 0 saturated carbocycles. The average molecular weight is 195 g/mol. The lowest BCUT2D eigenvalue weighted by molar-refractivity contribution is -0.131. The first-order valence-corrected chi connectivity index (χ1v) is 4.39. The molecule has 1 N–H and O–H groups in total. The molecule has 4 heteroatoms. The summed E-state index contributed by atoms with van der Waals surface area (Å²) in [6.07, 6.45) is 3.00. The van der Waals surface area contributed by atoms with Gasteiger partial charge in [0.2, 0.25) is 5.91 Å². The van der Waals surface area contributed by atoms with Crippen LogP contribution in [-0.4, -0.2) is 28.4 Å². The van der Waals surface area contributed by atoms with Crippen LogP contribution < -0.4 is 0 Å². The second-order valence-corrected chi connectivity index (χ2v) is 3.37. The van der Waals surface area contributed by atoms with Gasteiger partial charge in [0, 0.05) is 18.8 Å². The predicted molar refractivity (Wildman–Crippen MR) is 51.4 cm³/mol. The van der Waals surface area contributed by atoms with Crippen molar-refractivity contribution in [3.8, 4) is 0 Å². The highest BCUT2D eigenvalue weighted by atomic mass is 16.4. The van der Waals surface area contributed by atoms with Crippen molar-refractivity contribution < 1.29 is 14.7 Å². The Morgan fingerprint density at radius 2 is 2.36 bits per heavy atom. The fourth-order valence-corrected chi connectivity index (χ4v) is 1.46. The largest absolute Gasteiger partial charge is 0.478 e. The Bertz CT molecular complexity index is 306. The van der Waals surface area contributed by atoms with E-state index in [1.807, 2.05) is 6.92 Å². The molecule has 1 heterocycles. The summed E-state index contributed by atoms with van der Waals surface area (Å²) < 4.78 is 0. The first kappa shape index (κ1) is 10.5. The normalized spacial score (nSPS) is 21.9. The molecule has 0 aromatic carbocycles. The van der Waals surface area contributed by atoms with Crippen molar-refractivity contribution in [2.24, 2.45) is 5.92 Å². The SMILES string of the molecule is C=C(C)C1CCN(C=CC(=O)O)C1=O. The third-order valence-corrected chi connectivity index (χ3v) is 2.23. The minimum Gasteiger partial charge on any atom is -0.478 e. The van der Waals surface area contributed by atoms with E-state index in [1.165, 1.54) is 11.1 Å². The lowest BCUT2D eigenvalue weighted by atomic mass is 10.0. The van der Waals surface area contributed by atoms with Gasteiger partial charge in [0.1, 0.15) is 0 Å². The van der Waals surface area contributed by atoms with Gasteiger partial charge in [0.25, 0.3) is 0 Å². The van der Waals surface area contributed by atoms with Crippen LogP contribution in [0.5, 0.6) is 0 Å². The molecule has 1 fully saturated rings. The first-order chi connectivity index (χ1) is 6.52. The molecule has 76 valence electrons. The Labute approximate surface area is 82.5 Å². The zero-order valence-corrected chi connectivity index (χ0v) is 8.06. The van der Waals surface area contributed by atoms with Gasteiger partial charge in [-0.05, 0) is 13.3 Å². The molecular weight excluding hydrogens is 182 g/mol. The molecule has 0 aliphatic carbocycles. The maximum absolute atomic E-state index is 11.6. The van der Waals surface area contributed by atoms with Crippen LogP contribution in [-0.2, 0) is 9.59 Å². The van der Waals surface area contributed by atoms with Gasteiger partial charge >= 0.3 is 5.97 Å². The van der Waals surface area contributed by atoms with Gasteiger partial charge in [-0.15, -0.1) is 0 Å². The molecule has 1 saturated heterocycles. The highest BCUT2D eigenvalue weighted by molar-refractivity contribution is 5.86. The van der Waals surface area contributed by atoms with E-state index in [1.54, 1.807) is 0 Å². The number of hydrogen-bond acceptors (Lipinski definition) is 2. The van der Waals surface area contributed by atoms with Crippen LogP contribution in [0.1, 0.15) is 13.3 Å². The van der Waals surface area contributed by atoms with E-state index in [-0.39, 0.29) is 11.8 Å². The molecule has 1 rings (SSSR count). The number of rotatable bonds is 3. The van der Waals surface area contributed by atoms with Gasteiger partial charge in [-0.3, -0.25) is 4.79 Å². The topological polar surface area (TPSA) is 57.6 Å². The van der Waals surface area contributed by atoms with Crippen LogP contribution >= 0.6 is 0 Å². The molecule has 0 spiro atoms. The van der Waals surface area contributed by atoms with Crippen molar-refractivity contribution in [2.45, 2.75) is 13.3 Å². The van der Waals surface area contributed by atoms with Crippen molar-refractivity contribution in [3.63, 3.8) is 0 Å². The van der Waals surface area contributed by atoms with E-state index >= 15 is 0 Å². The number of amides is 1. The molecule has 0 bridgehead atoms. The van der Waals surface area contributed by atoms with Crippen molar-refractivity contribution in [2.75, 3.05) is 6.54 Å². The third kappa shape index (κ3) is 2.22. The van der Waals surface area contributed by atoms with E-state index in [0.29, 0.717) is 6.54 Å². The number of nitrogens with zero attached hydrogens (tertiary/aromatic N) is 1. The van der Waals surface area contributed by atoms with Gasteiger partial charge < -0.3 is 10.0 Å². The zero-order valence-electron chi connectivity index (χ0n) is 8.06. The Hall–Kier alpha value is -1.58.